The van der Waals surface area contributed by atoms with E-state index in [1.54, 1.807) is 37.2 Å². The molecule has 1 heterocycles. The maximum atomic E-state index is 13.3. The molecule has 1 aromatic heterocycles. The van der Waals surface area contributed by atoms with Gasteiger partial charge in [0.2, 0.25) is 0 Å². The molecule has 84 valence electrons. The number of nitrogens with zero attached hydrogens (tertiary/aromatic N) is 3. The fraction of sp³-hybridized carbons (Fsp3) is 0.273. The molecular formula is C11H12FN3O. The molecule has 0 unspecified atom stereocenters. The Morgan fingerprint density at radius 2 is 2.25 bits per heavy atom. The first-order valence-corrected chi connectivity index (χ1v) is 4.85. The lowest BCUT2D eigenvalue weighted by Crippen LogP contribution is -1.99. The molecule has 4 nitrogen and oxygen atoms in total. The Labute approximate surface area is 92.7 Å². The van der Waals surface area contributed by atoms with Gasteiger partial charge in [-0.1, -0.05) is 12.1 Å². The number of aryl methyl sites for hydroxylation is 1. The number of halogens is 1. The van der Waals surface area contributed by atoms with Crippen LogP contribution in [0.4, 0.5) is 4.39 Å². The monoisotopic (exact) mass is 221 g/mol. The SMILES string of the molecule is COCn1cnc(-c2ccc(C)c(F)c2)n1. The average molecular weight is 221 g/mol. The first-order chi connectivity index (χ1) is 7.70. The summed E-state index contributed by atoms with van der Waals surface area (Å²) in [5, 5.41) is 4.15. The van der Waals surface area contributed by atoms with Crippen molar-refractivity contribution in [2.24, 2.45) is 0 Å². The molecule has 0 atom stereocenters. The van der Waals surface area contributed by atoms with E-state index in [1.807, 2.05) is 0 Å². The molecule has 16 heavy (non-hydrogen) atoms. The van der Waals surface area contributed by atoms with Crippen molar-refractivity contribution in [1.29, 1.82) is 0 Å². The summed E-state index contributed by atoms with van der Waals surface area (Å²) in [6, 6.07) is 4.94. The minimum Gasteiger partial charge on any atom is -0.362 e. The van der Waals surface area contributed by atoms with Gasteiger partial charge < -0.3 is 4.74 Å². The molecule has 0 saturated heterocycles. The van der Waals surface area contributed by atoms with Crippen molar-refractivity contribution in [3.8, 4) is 11.4 Å². The van der Waals surface area contributed by atoms with E-state index in [0.717, 1.165) is 0 Å². The molecule has 0 radical (unpaired) electrons. The van der Waals surface area contributed by atoms with Crippen molar-refractivity contribution in [3.63, 3.8) is 0 Å². The predicted octanol–water partition coefficient (Wildman–Crippen LogP) is 2.00. The Hall–Kier alpha value is -1.75. The van der Waals surface area contributed by atoms with Crippen LogP contribution in [0.5, 0.6) is 0 Å². The normalized spacial score (nSPS) is 10.7. The fourth-order valence-electron chi connectivity index (χ4n) is 1.35. The van der Waals surface area contributed by atoms with Crippen LogP contribution < -0.4 is 0 Å². The standard InChI is InChI=1S/C11H12FN3O/c1-8-3-4-9(5-10(8)12)11-13-6-15(14-11)7-16-2/h3-6H,7H2,1-2H3. The summed E-state index contributed by atoms with van der Waals surface area (Å²) in [4.78, 5) is 4.08. The van der Waals surface area contributed by atoms with Crippen molar-refractivity contribution in [1.82, 2.24) is 14.8 Å². The lowest BCUT2D eigenvalue weighted by Gasteiger charge is -1.99. The van der Waals surface area contributed by atoms with Crippen LogP contribution in [0, 0.1) is 12.7 Å². The second kappa shape index (κ2) is 4.40. The van der Waals surface area contributed by atoms with E-state index in [0.29, 0.717) is 23.7 Å². The summed E-state index contributed by atoms with van der Waals surface area (Å²) >= 11 is 0. The number of ether oxygens (including phenoxy) is 1. The van der Waals surface area contributed by atoms with Gasteiger partial charge in [0.1, 0.15) is 18.9 Å². The molecule has 0 fully saturated rings. The third-order valence-corrected chi connectivity index (χ3v) is 2.23. The van der Waals surface area contributed by atoms with Crippen molar-refractivity contribution >= 4 is 0 Å². The van der Waals surface area contributed by atoms with Gasteiger partial charge in [-0.2, -0.15) is 0 Å². The Kier molecular flexibility index (Phi) is 2.96. The first-order valence-electron chi connectivity index (χ1n) is 4.85. The molecule has 0 amide bonds. The van der Waals surface area contributed by atoms with Gasteiger partial charge >= 0.3 is 0 Å². The van der Waals surface area contributed by atoms with Crippen LogP contribution in [0.1, 0.15) is 5.56 Å². The summed E-state index contributed by atoms with van der Waals surface area (Å²) in [7, 11) is 1.58. The summed E-state index contributed by atoms with van der Waals surface area (Å²) in [6.07, 6.45) is 1.55. The molecule has 0 aliphatic carbocycles. The maximum absolute atomic E-state index is 13.3. The van der Waals surface area contributed by atoms with Gasteiger partial charge in [0, 0.05) is 12.7 Å². The molecule has 0 bridgehead atoms. The van der Waals surface area contributed by atoms with Gasteiger partial charge in [0.25, 0.3) is 0 Å². The van der Waals surface area contributed by atoms with Gasteiger partial charge in [-0.05, 0) is 18.6 Å². The van der Waals surface area contributed by atoms with Crippen LogP contribution in [-0.4, -0.2) is 21.9 Å². The third-order valence-electron chi connectivity index (χ3n) is 2.23. The number of rotatable bonds is 3. The van der Waals surface area contributed by atoms with Crippen molar-refractivity contribution in [3.05, 3.63) is 35.9 Å². The molecule has 0 aliphatic heterocycles. The number of hydrogen-bond acceptors (Lipinski definition) is 3. The van der Waals surface area contributed by atoms with Gasteiger partial charge in [-0.25, -0.2) is 14.1 Å². The van der Waals surface area contributed by atoms with E-state index in [9.17, 15) is 4.39 Å². The van der Waals surface area contributed by atoms with E-state index in [1.165, 1.54) is 6.07 Å². The number of benzene rings is 1. The highest BCUT2D eigenvalue weighted by Crippen LogP contribution is 2.17. The number of hydrogen-bond donors (Lipinski definition) is 0. The van der Waals surface area contributed by atoms with E-state index < -0.39 is 0 Å². The highest BCUT2D eigenvalue weighted by molar-refractivity contribution is 5.54. The molecule has 2 rings (SSSR count). The Balaban J connectivity index is 2.31. The Morgan fingerprint density at radius 1 is 1.44 bits per heavy atom. The lowest BCUT2D eigenvalue weighted by atomic mass is 10.1. The quantitative estimate of drug-likeness (QED) is 0.795. The van der Waals surface area contributed by atoms with E-state index >= 15 is 0 Å². The van der Waals surface area contributed by atoms with Gasteiger partial charge in [-0.3, -0.25) is 0 Å². The number of aromatic nitrogens is 3. The zero-order valence-electron chi connectivity index (χ0n) is 9.14. The topological polar surface area (TPSA) is 39.9 Å². The van der Waals surface area contributed by atoms with Crippen molar-refractivity contribution < 1.29 is 9.13 Å². The van der Waals surface area contributed by atoms with Crippen LogP contribution in [0.15, 0.2) is 24.5 Å². The number of methoxy groups -OCH3 is 1. The highest BCUT2D eigenvalue weighted by Gasteiger charge is 2.06. The molecule has 0 spiro atoms. The maximum Gasteiger partial charge on any atom is 0.181 e. The van der Waals surface area contributed by atoms with E-state index in [-0.39, 0.29) is 5.82 Å². The van der Waals surface area contributed by atoms with Gasteiger partial charge in [0.15, 0.2) is 5.82 Å². The van der Waals surface area contributed by atoms with Crippen LogP contribution in [-0.2, 0) is 11.5 Å². The molecule has 0 N–H and O–H groups in total. The molecular weight excluding hydrogens is 209 g/mol. The molecule has 0 aliphatic rings. The van der Waals surface area contributed by atoms with Crippen LogP contribution >= 0.6 is 0 Å². The van der Waals surface area contributed by atoms with Crippen LogP contribution in [0.25, 0.3) is 11.4 Å². The summed E-state index contributed by atoms with van der Waals surface area (Å²) in [6.45, 7) is 2.05. The second-order valence-corrected chi connectivity index (χ2v) is 3.49. The highest BCUT2D eigenvalue weighted by atomic mass is 19.1. The minimum atomic E-state index is -0.249. The second-order valence-electron chi connectivity index (χ2n) is 3.49. The third kappa shape index (κ3) is 2.09. The van der Waals surface area contributed by atoms with Crippen molar-refractivity contribution in [2.75, 3.05) is 7.11 Å². The van der Waals surface area contributed by atoms with Gasteiger partial charge in [-0.15, -0.1) is 5.10 Å². The summed E-state index contributed by atoms with van der Waals surface area (Å²) in [5.41, 5.74) is 1.28. The lowest BCUT2D eigenvalue weighted by molar-refractivity contribution is 0.120. The zero-order chi connectivity index (χ0) is 11.5. The van der Waals surface area contributed by atoms with Crippen LogP contribution in [0.3, 0.4) is 0 Å². The zero-order valence-corrected chi connectivity index (χ0v) is 9.14. The first kappa shape index (κ1) is 10.8. The molecule has 0 saturated carbocycles. The summed E-state index contributed by atoms with van der Waals surface area (Å²) < 4.78 is 19.8. The molecule has 2 aromatic rings. The average Bonchev–Trinajstić information content (AvgIpc) is 2.71. The van der Waals surface area contributed by atoms with Crippen LogP contribution in [0.2, 0.25) is 0 Å². The fourth-order valence-corrected chi connectivity index (χ4v) is 1.35. The molecule has 5 heteroatoms. The van der Waals surface area contributed by atoms with Gasteiger partial charge in [0.05, 0.1) is 0 Å². The Morgan fingerprint density at radius 3 is 2.94 bits per heavy atom. The van der Waals surface area contributed by atoms with E-state index in [4.69, 9.17) is 4.74 Å². The smallest absolute Gasteiger partial charge is 0.181 e. The largest absolute Gasteiger partial charge is 0.362 e. The predicted molar refractivity (Wildman–Crippen MR) is 57.2 cm³/mol. The van der Waals surface area contributed by atoms with E-state index in [2.05, 4.69) is 10.1 Å². The summed E-state index contributed by atoms with van der Waals surface area (Å²) in [5.74, 6) is 0.247. The minimum absolute atomic E-state index is 0.249. The van der Waals surface area contributed by atoms with Crippen molar-refractivity contribution in [2.45, 2.75) is 13.7 Å². The Bertz CT molecular complexity index is 496. The molecule has 1 aromatic carbocycles.